The molecule has 2 aromatic heterocycles. The van der Waals surface area contributed by atoms with Gasteiger partial charge in [0.15, 0.2) is 11.7 Å². The minimum Gasteiger partial charge on any atom is -0.398 e. The van der Waals surface area contributed by atoms with Gasteiger partial charge in [0.1, 0.15) is 7.11 Å². The number of hydrogen-bond acceptors (Lipinski definition) is 7. The van der Waals surface area contributed by atoms with E-state index in [2.05, 4.69) is 31.1 Å². The van der Waals surface area contributed by atoms with Crippen LogP contribution in [0.3, 0.4) is 0 Å². The van der Waals surface area contributed by atoms with Gasteiger partial charge < -0.3 is 20.8 Å². The van der Waals surface area contributed by atoms with Crippen LogP contribution < -0.4 is 16.0 Å². The van der Waals surface area contributed by atoms with E-state index in [-0.39, 0.29) is 18.4 Å². The summed E-state index contributed by atoms with van der Waals surface area (Å²) in [4.78, 5) is 39.9. The van der Waals surface area contributed by atoms with E-state index in [0.29, 0.717) is 34.4 Å². The van der Waals surface area contributed by atoms with E-state index in [9.17, 15) is 9.59 Å². The van der Waals surface area contributed by atoms with Gasteiger partial charge in [-0.25, -0.2) is 9.98 Å². The molecule has 1 fully saturated rings. The van der Waals surface area contributed by atoms with E-state index in [4.69, 9.17) is 4.84 Å². The molecular weight excluding hydrogens is 512 g/mol. The van der Waals surface area contributed by atoms with Crippen molar-refractivity contribution in [3.8, 4) is 0 Å². The molecule has 3 N–H and O–H groups in total. The fourth-order valence-electron chi connectivity index (χ4n) is 3.99. The molecule has 0 aliphatic heterocycles. The van der Waals surface area contributed by atoms with Gasteiger partial charge >= 0.3 is 0 Å². The van der Waals surface area contributed by atoms with Crippen molar-refractivity contribution < 1.29 is 14.4 Å². The van der Waals surface area contributed by atoms with Crippen molar-refractivity contribution in [3.05, 3.63) is 82.9 Å². The maximum absolute atomic E-state index is 13.3. The molecule has 2 amide bonds. The van der Waals surface area contributed by atoms with E-state index >= 15 is 0 Å². The number of carbonyl (C=O) groups excluding carboxylic acids is 2. The number of aromatic nitrogens is 1. The van der Waals surface area contributed by atoms with Crippen molar-refractivity contribution in [2.75, 3.05) is 24.3 Å². The molecule has 1 aliphatic carbocycles. The van der Waals surface area contributed by atoms with Crippen LogP contribution in [0.15, 0.2) is 76.3 Å². The first kappa shape index (κ1) is 26.1. The third-order valence-electron chi connectivity index (χ3n) is 6.23. The van der Waals surface area contributed by atoms with Crippen molar-refractivity contribution >= 4 is 62.5 Å². The number of pyridine rings is 1. The normalized spacial score (nSPS) is 13.4. The number of aryl methyl sites for hydroxylation is 1. The molecule has 39 heavy (non-hydrogen) atoms. The number of aliphatic imine (C=N–C) groups is 1. The standard InChI is InChI=1S/C29H28N6O3S/c1-18-7-3-5-9-23(18)33-27-24(34-29(37)22-17-39-25-10-6-4-8-21(22)25)15-20(16-32-27)28(36)31-14-13-30-26(35-38-2)19-11-12-19/h3-10,13,15-17,19H,11-12,14H2,1-2H3,(H,31,36)(H,32,33)(H,34,37)/b30-13?,35-26-. The van der Waals surface area contributed by atoms with Gasteiger partial charge in [-0.3, -0.25) is 9.59 Å². The molecule has 4 aromatic rings. The monoisotopic (exact) mass is 540 g/mol. The van der Waals surface area contributed by atoms with Crippen LogP contribution in [-0.4, -0.2) is 42.5 Å². The molecule has 1 saturated carbocycles. The van der Waals surface area contributed by atoms with Gasteiger partial charge in [-0.2, -0.15) is 0 Å². The van der Waals surface area contributed by atoms with Crippen molar-refractivity contribution in [2.45, 2.75) is 19.8 Å². The zero-order valence-corrected chi connectivity index (χ0v) is 22.4. The SMILES string of the molecule is CO/N=C(\N=CCNC(=O)c1cnc(Nc2ccccc2C)c(NC(=O)c2csc3ccccc23)c1)C1CC1. The Bertz CT molecular complexity index is 1570. The number of fused-ring (bicyclic) bond motifs is 1. The number of para-hydroxylation sites is 1. The van der Waals surface area contributed by atoms with Crippen LogP contribution in [0, 0.1) is 12.8 Å². The van der Waals surface area contributed by atoms with Crippen molar-refractivity contribution in [3.63, 3.8) is 0 Å². The number of amides is 2. The average Bonchev–Trinajstić information content (AvgIpc) is 3.70. The number of hydrogen-bond donors (Lipinski definition) is 3. The maximum atomic E-state index is 13.3. The fraction of sp³-hybridized carbons (Fsp3) is 0.207. The Morgan fingerprint density at radius 3 is 2.69 bits per heavy atom. The smallest absolute Gasteiger partial charge is 0.257 e. The second-order valence-corrected chi connectivity index (χ2v) is 10.00. The summed E-state index contributed by atoms with van der Waals surface area (Å²) in [7, 11) is 1.49. The number of nitrogens with zero attached hydrogens (tertiary/aromatic N) is 3. The molecule has 5 rings (SSSR count). The Labute approximate surface area is 230 Å². The van der Waals surface area contributed by atoms with Crippen LogP contribution in [0.4, 0.5) is 17.2 Å². The van der Waals surface area contributed by atoms with Crippen LogP contribution in [0.1, 0.15) is 39.1 Å². The number of carbonyl (C=O) groups is 2. The molecule has 0 atom stereocenters. The number of nitrogens with one attached hydrogen (secondary N) is 3. The summed E-state index contributed by atoms with van der Waals surface area (Å²) in [5, 5.41) is 15.7. The number of thiophene rings is 1. The van der Waals surface area contributed by atoms with Gasteiger partial charge in [-0.05, 0) is 43.5 Å². The highest BCUT2D eigenvalue weighted by molar-refractivity contribution is 7.17. The second kappa shape index (κ2) is 11.9. The van der Waals surface area contributed by atoms with Gasteiger partial charge in [-0.15, -0.1) is 11.3 Å². The van der Waals surface area contributed by atoms with Crippen LogP contribution >= 0.6 is 11.3 Å². The molecule has 0 saturated heterocycles. The van der Waals surface area contributed by atoms with Gasteiger partial charge in [0.05, 0.1) is 23.4 Å². The Kier molecular flexibility index (Phi) is 7.93. The lowest BCUT2D eigenvalue weighted by Crippen LogP contribution is -2.26. The predicted octanol–water partition coefficient (Wildman–Crippen LogP) is 5.77. The minimum atomic E-state index is -0.343. The van der Waals surface area contributed by atoms with E-state index in [1.54, 1.807) is 12.3 Å². The molecule has 0 unspecified atom stereocenters. The van der Waals surface area contributed by atoms with Gasteiger partial charge in [0, 0.05) is 39.5 Å². The van der Waals surface area contributed by atoms with Gasteiger partial charge in [0.25, 0.3) is 11.8 Å². The highest BCUT2D eigenvalue weighted by Gasteiger charge is 2.28. The number of anilines is 3. The fourth-order valence-corrected chi connectivity index (χ4v) is 4.93. The third-order valence-corrected chi connectivity index (χ3v) is 7.19. The van der Waals surface area contributed by atoms with Crippen molar-refractivity contribution in [1.29, 1.82) is 0 Å². The molecule has 1 aliphatic rings. The molecule has 0 radical (unpaired) electrons. The zero-order chi connectivity index (χ0) is 27.2. The molecule has 2 heterocycles. The Morgan fingerprint density at radius 2 is 1.90 bits per heavy atom. The first-order valence-electron chi connectivity index (χ1n) is 12.6. The Hall–Kier alpha value is -4.57. The number of rotatable bonds is 9. The van der Waals surface area contributed by atoms with Crippen LogP contribution in [0.25, 0.3) is 10.1 Å². The topological polar surface area (TPSA) is 117 Å². The highest BCUT2D eigenvalue weighted by Crippen LogP contribution is 2.31. The van der Waals surface area contributed by atoms with E-state index in [1.165, 1.54) is 24.6 Å². The lowest BCUT2D eigenvalue weighted by molar-refractivity contribution is 0.0958. The lowest BCUT2D eigenvalue weighted by Gasteiger charge is -2.15. The van der Waals surface area contributed by atoms with Crippen molar-refractivity contribution in [1.82, 2.24) is 10.3 Å². The molecule has 10 heteroatoms. The van der Waals surface area contributed by atoms with Gasteiger partial charge in [0.2, 0.25) is 0 Å². The highest BCUT2D eigenvalue weighted by atomic mass is 32.1. The predicted molar refractivity (Wildman–Crippen MR) is 156 cm³/mol. The molecule has 198 valence electrons. The van der Waals surface area contributed by atoms with E-state index in [1.807, 2.05) is 60.8 Å². The lowest BCUT2D eigenvalue weighted by atomic mass is 10.1. The largest absolute Gasteiger partial charge is 0.398 e. The summed E-state index contributed by atoms with van der Waals surface area (Å²) >= 11 is 1.51. The average molecular weight is 541 g/mol. The summed E-state index contributed by atoms with van der Waals surface area (Å²) in [5.41, 5.74) is 3.12. The summed E-state index contributed by atoms with van der Waals surface area (Å²) < 4.78 is 1.02. The molecule has 9 nitrogen and oxygen atoms in total. The first-order chi connectivity index (χ1) is 19.0. The molecule has 0 bridgehead atoms. The zero-order valence-electron chi connectivity index (χ0n) is 21.6. The number of amidine groups is 1. The van der Waals surface area contributed by atoms with Crippen LogP contribution in [0.2, 0.25) is 0 Å². The van der Waals surface area contributed by atoms with Crippen LogP contribution in [0.5, 0.6) is 0 Å². The quantitative estimate of drug-likeness (QED) is 0.142. The van der Waals surface area contributed by atoms with Crippen LogP contribution in [-0.2, 0) is 4.84 Å². The van der Waals surface area contributed by atoms with E-state index in [0.717, 1.165) is 34.2 Å². The summed E-state index contributed by atoms with van der Waals surface area (Å²) in [6, 6.07) is 17.1. The Morgan fingerprint density at radius 1 is 1.10 bits per heavy atom. The number of benzene rings is 2. The second-order valence-electron chi connectivity index (χ2n) is 9.09. The molecular formula is C29H28N6O3S. The minimum absolute atomic E-state index is 0.208. The molecule has 2 aromatic carbocycles. The summed E-state index contributed by atoms with van der Waals surface area (Å²) in [6.45, 7) is 2.19. The van der Waals surface area contributed by atoms with Gasteiger partial charge in [-0.1, -0.05) is 41.6 Å². The number of oxime groups is 1. The summed E-state index contributed by atoms with van der Waals surface area (Å²) in [5.74, 6) is 0.758. The van der Waals surface area contributed by atoms with Crippen molar-refractivity contribution in [2.24, 2.45) is 16.1 Å². The third kappa shape index (κ3) is 6.29. The Balaban J connectivity index is 1.36. The molecule has 0 spiro atoms. The summed E-state index contributed by atoms with van der Waals surface area (Å²) in [6.07, 6.45) is 5.15. The first-order valence-corrected chi connectivity index (χ1v) is 13.4. The maximum Gasteiger partial charge on any atom is 0.257 e. The van der Waals surface area contributed by atoms with E-state index < -0.39 is 0 Å².